The SMILES string of the molecule is CC[C@H](C)Oc1c(I)cc(/C=C2/SC(=O)N(CCCc3ccccc3)C2=O)cc1OC. The van der Waals surface area contributed by atoms with Crippen LogP contribution in [0.4, 0.5) is 4.79 Å². The van der Waals surface area contributed by atoms with Gasteiger partial charge in [0.05, 0.1) is 21.7 Å². The van der Waals surface area contributed by atoms with Gasteiger partial charge in [-0.05, 0) is 89.9 Å². The van der Waals surface area contributed by atoms with E-state index in [9.17, 15) is 9.59 Å². The first-order valence-corrected chi connectivity index (χ1v) is 12.2. The highest BCUT2D eigenvalue weighted by Gasteiger charge is 2.34. The number of imide groups is 1. The number of hydrogen-bond donors (Lipinski definition) is 0. The van der Waals surface area contributed by atoms with Gasteiger partial charge in [0.1, 0.15) is 0 Å². The minimum absolute atomic E-state index is 0.0700. The minimum atomic E-state index is -0.239. The molecule has 31 heavy (non-hydrogen) atoms. The van der Waals surface area contributed by atoms with E-state index < -0.39 is 0 Å². The Morgan fingerprint density at radius 3 is 2.61 bits per heavy atom. The van der Waals surface area contributed by atoms with Crippen LogP contribution in [0.3, 0.4) is 0 Å². The summed E-state index contributed by atoms with van der Waals surface area (Å²) >= 11 is 3.19. The largest absolute Gasteiger partial charge is 0.493 e. The third-order valence-electron chi connectivity index (χ3n) is 5.01. The second kappa shape index (κ2) is 11.0. The van der Waals surface area contributed by atoms with Crippen LogP contribution < -0.4 is 9.47 Å². The fraction of sp³-hybridized carbons (Fsp3) is 0.333. The van der Waals surface area contributed by atoms with E-state index in [0.29, 0.717) is 22.9 Å². The van der Waals surface area contributed by atoms with Gasteiger partial charge < -0.3 is 9.47 Å². The van der Waals surface area contributed by atoms with Crippen LogP contribution in [-0.4, -0.2) is 35.8 Å². The molecular weight excluding hydrogens is 525 g/mol. The lowest BCUT2D eigenvalue weighted by Crippen LogP contribution is -2.29. The van der Waals surface area contributed by atoms with E-state index >= 15 is 0 Å². The summed E-state index contributed by atoms with van der Waals surface area (Å²) in [6, 6.07) is 13.8. The van der Waals surface area contributed by atoms with Gasteiger partial charge in [-0.2, -0.15) is 0 Å². The van der Waals surface area contributed by atoms with Crippen LogP contribution in [0.15, 0.2) is 47.4 Å². The standard InChI is InChI=1S/C24H26INO4S/c1-4-16(2)30-22-19(25)13-18(14-20(22)29-3)15-21-23(27)26(24(28)31-21)12-8-11-17-9-6-5-7-10-17/h5-7,9-10,13-16H,4,8,11-12H2,1-3H3/b21-15+/t16-/m0/s1. The summed E-state index contributed by atoms with van der Waals surface area (Å²) in [7, 11) is 1.60. The number of aryl methyl sites for hydroxylation is 1. The van der Waals surface area contributed by atoms with E-state index in [4.69, 9.17) is 9.47 Å². The van der Waals surface area contributed by atoms with Crippen molar-refractivity contribution < 1.29 is 19.1 Å². The maximum atomic E-state index is 12.8. The zero-order chi connectivity index (χ0) is 22.4. The van der Waals surface area contributed by atoms with Crippen molar-refractivity contribution in [3.63, 3.8) is 0 Å². The van der Waals surface area contributed by atoms with Crippen LogP contribution in [0.5, 0.6) is 11.5 Å². The van der Waals surface area contributed by atoms with Crippen molar-refractivity contribution in [2.75, 3.05) is 13.7 Å². The molecule has 0 bridgehead atoms. The van der Waals surface area contributed by atoms with E-state index in [-0.39, 0.29) is 17.3 Å². The molecule has 5 nitrogen and oxygen atoms in total. The number of halogens is 1. The second-order valence-electron chi connectivity index (χ2n) is 7.29. The number of hydrogen-bond acceptors (Lipinski definition) is 5. The Labute approximate surface area is 201 Å². The summed E-state index contributed by atoms with van der Waals surface area (Å²) < 4.78 is 12.4. The van der Waals surface area contributed by atoms with Crippen LogP contribution >= 0.6 is 34.4 Å². The molecule has 1 aliphatic rings. The molecule has 0 unspecified atom stereocenters. The third-order valence-corrected chi connectivity index (χ3v) is 6.72. The number of methoxy groups -OCH3 is 1. The van der Waals surface area contributed by atoms with Crippen molar-refractivity contribution in [2.45, 2.75) is 39.2 Å². The van der Waals surface area contributed by atoms with Gasteiger partial charge in [0, 0.05) is 6.54 Å². The van der Waals surface area contributed by atoms with Crippen molar-refractivity contribution in [1.29, 1.82) is 0 Å². The van der Waals surface area contributed by atoms with E-state index in [2.05, 4.69) is 41.6 Å². The molecule has 1 aliphatic heterocycles. The number of rotatable bonds is 9. The Morgan fingerprint density at radius 1 is 1.19 bits per heavy atom. The fourth-order valence-corrected chi connectivity index (χ4v) is 4.77. The van der Waals surface area contributed by atoms with E-state index in [0.717, 1.165) is 40.2 Å². The molecule has 0 spiro atoms. The third kappa shape index (κ3) is 6.04. The molecule has 7 heteroatoms. The molecule has 2 aromatic carbocycles. The molecule has 164 valence electrons. The molecule has 0 radical (unpaired) electrons. The molecule has 0 aromatic heterocycles. The zero-order valence-corrected chi connectivity index (χ0v) is 20.9. The summed E-state index contributed by atoms with van der Waals surface area (Å²) in [5.74, 6) is 1.07. The van der Waals surface area contributed by atoms with Crippen LogP contribution in [0, 0.1) is 3.57 Å². The molecule has 0 saturated carbocycles. The predicted octanol–water partition coefficient (Wildman–Crippen LogP) is 6.15. The first-order valence-electron chi connectivity index (χ1n) is 10.3. The summed E-state index contributed by atoms with van der Waals surface area (Å²) in [5, 5.41) is -0.220. The number of ether oxygens (including phenoxy) is 2. The van der Waals surface area contributed by atoms with E-state index in [1.165, 1.54) is 10.5 Å². The summed E-state index contributed by atoms with van der Waals surface area (Å²) in [6.07, 6.45) is 4.27. The van der Waals surface area contributed by atoms with Gasteiger partial charge in [-0.25, -0.2) is 0 Å². The van der Waals surface area contributed by atoms with Crippen molar-refractivity contribution in [3.05, 3.63) is 62.1 Å². The molecular formula is C24H26INO4S. The summed E-state index contributed by atoms with van der Waals surface area (Å²) in [6.45, 7) is 4.49. The number of nitrogens with zero attached hydrogens (tertiary/aromatic N) is 1. The van der Waals surface area contributed by atoms with Gasteiger partial charge in [0.2, 0.25) is 0 Å². The molecule has 3 rings (SSSR count). The summed E-state index contributed by atoms with van der Waals surface area (Å²) in [5.41, 5.74) is 2.00. The van der Waals surface area contributed by atoms with Gasteiger partial charge in [-0.1, -0.05) is 37.3 Å². The maximum absolute atomic E-state index is 12.8. The lowest BCUT2D eigenvalue weighted by atomic mass is 10.1. The number of carbonyl (C=O) groups is 2. The molecule has 0 N–H and O–H groups in total. The smallest absolute Gasteiger partial charge is 0.293 e. The monoisotopic (exact) mass is 551 g/mol. The Balaban J connectivity index is 1.72. The Hall–Kier alpha value is -2.00. The van der Waals surface area contributed by atoms with Gasteiger partial charge in [0.15, 0.2) is 11.5 Å². The second-order valence-corrected chi connectivity index (χ2v) is 9.45. The van der Waals surface area contributed by atoms with Gasteiger partial charge in [-0.15, -0.1) is 0 Å². The van der Waals surface area contributed by atoms with Gasteiger partial charge in [0.25, 0.3) is 11.1 Å². The lowest BCUT2D eigenvalue weighted by Gasteiger charge is -2.17. The van der Waals surface area contributed by atoms with Crippen LogP contribution in [0.2, 0.25) is 0 Å². The average molecular weight is 551 g/mol. The first kappa shape index (κ1) is 23.7. The molecule has 2 amide bonds. The first-order chi connectivity index (χ1) is 14.9. The highest BCUT2D eigenvalue weighted by atomic mass is 127. The van der Waals surface area contributed by atoms with E-state index in [1.54, 1.807) is 13.2 Å². The highest BCUT2D eigenvalue weighted by molar-refractivity contribution is 14.1. The van der Waals surface area contributed by atoms with Gasteiger partial charge in [-0.3, -0.25) is 14.5 Å². The Bertz CT molecular complexity index is 977. The molecule has 1 saturated heterocycles. The molecule has 1 atom stereocenters. The lowest BCUT2D eigenvalue weighted by molar-refractivity contribution is -0.122. The number of benzene rings is 2. The molecule has 1 heterocycles. The van der Waals surface area contributed by atoms with Crippen molar-refractivity contribution in [2.24, 2.45) is 0 Å². The van der Waals surface area contributed by atoms with Crippen LogP contribution in [0.25, 0.3) is 6.08 Å². The maximum Gasteiger partial charge on any atom is 0.293 e. The molecule has 0 aliphatic carbocycles. The van der Waals surface area contributed by atoms with E-state index in [1.807, 2.05) is 37.3 Å². The van der Waals surface area contributed by atoms with Gasteiger partial charge >= 0.3 is 0 Å². The van der Waals surface area contributed by atoms with Crippen molar-refractivity contribution >= 4 is 51.6 Å². The normalized spacial score (nSPS) is 16.1. The quantitative estimate of drug-likeness (QED) is 0.277. The topological polar surface area (TPSA) is 55.8 Å². The Kier molecular flexibility index (Phi) is 8.43. The Morgan fingerprint density at radius 2 is 1.94 bits per heavy atom. The molecule has 2 aromatic rings. The number of amides is 2. The minimum Gasteiger partial charge on any atom is -0.493 e. The number of thioether (sulfide) groups is 1. The van der Waals surface area contributed by atoms with Crippen LogP contribution in [-0.2, 0) is 11.2 Å². The van der Waals surface area contributed by atoms with Crippen molar-refractivity contribution in [1.82, 2.24) is 4.90 Å². The highest BCUT2D eigenvalue weighted by Crippen LogP contribution is 2.38. The molecule has 1 fully saturated rings. The predicted molar refractivity (Wildman–Crippen MR) is 134 cm³/mol. The van der Waals surface area contributed by atoms with Crippen LogP contribution in [0.1, 0.15) is 37.8 Å². The average Bonchev–Trinajstić information content (AvgIpc) is 3.03. The fourth-order valence-electron chi connectivity index (χ4n) is 3.15. The number of carbonyl (C=O) groups excluding carboxylic acids is 2. The summed E-state index contributed by atoms with van der Waals surface area (Å²) in [4.78, 5) is 27.0. The zero-order valence-electron chi connectivity index (χ0n) is 17.9. The van der Waals surface area contributed by atoms with Crippen molar-refractivity contribution in [3.8, 4) is 11.5 Å².